The third-order valence-corrected chi connectivity index (χ3v) is 9.53. The molecule has 2 heterocycles. The van der Waals surface area contributed by atoms with Crippen molar-refractivity contribution in [1.29, 1.82) is 0 Å². The predicted molar refractivity (Wildman–Crippen MR) is 198 cm³/mol. The second-order valence-electron chi connectivity index (χ2n) is 12.4. The summed E-state index contributed by atoms with van der Waals surface area (Å²) in [4.78, 5) is 0. The molecule has 0 fully saturated rings. The Kier molecular flexibility index (Phi) is 6.98. The van der Waals surface area contributed by atoms with Crippen LogP contribution in [0, 0.1) is 0 Å². The Morgan fingerprint density at radius 2 is 0.729 bits per heavy atom. The Hall–Kier alpha value is -6.12. The van der Waals surface area contributed by atoms with Crippen LogP contribution in [0.15, 0.2) is 167 Å². The van der Waals surface area contributed by atoms with Gasteiger partial charge in [-0.3, -0.25) is 0 Å². The Bertz CT molecular complexity index is 2310. The van der Waals surface area contributed by atoms with E-state index in [2.05, 4.69) is 146 Å². The highest BCUT2D eigenvalue weighted by molar-refractivity contribution is 5.98. The van der Waals surface area contributed by atoms with Crippen molar-refractivity contribution >= 4 is 45.2 Å². The van der Waals surface area contributed by atoms with E-state index >= 15 is 0 Å². The molecular formula is C46H32O2. The molecule has 0 saturated carbocycles. The minimum Gasteiger partial charge on any atom is -0.456 e. The van der Waals surface area contributed by atoms with Gasteiger partial charge in [0.25, 0.3) is 0 Å². The van der Waals surface area contributed by atoms with E-state index in [1.807, 2.05) is 24.3 Å². The van der Waals surface area contributed by atoms with Gasteiger partial charge in [0.05, 0.1) is 0 Å². The molecule has 0 amide bonds. The van der Waals surface area contributed by atoms with Gasteiger partial charge < -0.3 is 8.83 Å². The Morgan fingerprint density at radius 3 is 1.19 bits per heavy atom. The topological polar surface area (TPSA) is 26.3 Å². The van der Waals surface area contributed by atoms with Gasteiger partial charge in [0.2, 0.25) is 0 Å². The van der Waals surface area contributed by atoms with Gasteiger partial charge in [0.1, 0.15) is 22.7 Å². The van der Waals surface area contributed by atoms with Crippen LogP contribution in [0.5, 0.6) is 0 Å². The molecule has 0 radical (unpaired) electrons. The summed E-state index contributed by atoms with van der Waals surface area (Å²) in [6.45, 7) is 0. The highest BCUT2D eigenvalue weighted by Gasteiger charge is 2.22. The lowest BCUT2D eigenvalue weighted by Crippen LogP contribution is -1.93. The molecule has 2 aliphatic rings. The molecule has 0 spiro atoms. The van der Waals surface area contributed by atoms with Crippen LogP contribution in [0.1, 0.15) is 56.0 Å². The molecule has 8 aromatic rings. The average molecular weight is 617 g/mol. The van der Waals surface area contributed by atoms with Crippen molar-refractivity contribution in [2.45, 2.75) is 12.8 Å². The normalized spacial score (nSPS) is 13.1. The minimum atomic E-state index is 0.898. The zero-order valence-electron chi connectivity index (χ0n) is 26.4. The zero-order valence-corrected chi connectivity index (χ0v) is 26.4. The molecule has 0 aliphatic heterocycles. The van der Waals surface area contributed by atoms with Crippen LogP contribution in [-0.4, -0.2) is 0 Å². The van der Waals surface area contributed by atoms with Crippen LogP contribution in [0.2, 0.25) is 0 Å². The van der Waals surface area contributed by atoms with Gasteiger partial charge in [0, 0.05) is 34.7 Å². The van der Waals surface area contributed by atoms with Crippen molar-refractivity contribution in [2.24, 2.45) is 0 Å². The maximum absolute atomic E-state index is 6.18. The number of benzene rings is 6. The second kappa shape index (κ2) is 11.9. The quantitative estimate of drug-likeness (QED) is 0.193. The first-order chi connectivity index (χ1) is 23.8. The first kappa shape index (κ1) is 28.1. The summed E-state index contributed by atoms with van der Waals surface area (Å²) in [5.74, 6) is 1.96. The fourth-order valence-corrected chi connectivity index (χ4v) is 7.22. The highest BCUT2D eigenvalue weighted by Crippen LogP contribution is 2.40. The van der Waals surface area contributed by atoms with Crippen LogP contribution in [0.3, 0.4) is 0 Å². The summed E-state index contributed by atoms with van der Waals surface area (Å²) in [6.07, 6.45) is 6.21. The largest absolute Gasteiger partial charge is 0.456 e. The van der Waals surface area contributed by atoms with E-state index in [1.54, 1.807) is 0 Å². The maximum Gasteiger partial charge on any atom is 0.135 e. The minimum absolute atomic E-state index is 0.898. The SMILES string of the molecule is C1=C(c2ccccc2)c2ccccc2Cc2c1oc1ccccc21.C1=C(c2ccccc2)c2ccccc2Cc2c1oc1ccccc21. The van der Waals surface area contributed by atoms with E-state index in [9.17, 15) is 0 Å². The van der Waals surface area contributed by atoms with Crippen LogP contribution in [0.4, 0.5) is 0 Å². The summed E-state index contributed by atoms with van der Waals surface area (Å²) >= 11 is 0. The van der Waals surface area contributed by atoms with Crippen molar-refractivity contribution in [2.75, 3.05) is 0 Å². The number of rotatable bonds is 2. The molecule has 10 rings (SSSR count). The molecule has 0 saturated heterocycles. The molecule has 2 aliphatic carbocycles. The molecule has 48 heavy (non-hydrogen) atoms. The van der Waals surface area contributed by atoms with E-state index in [0.29, 0.717) is 0 Å². The van der Waals surface area contributed by atoms with Crippen LogP contribution >= 0.6 is 0 Å². The van der Waals surface area contributed by atoms with Gasteiger partial charge in [-0.15, -0.1) is 0 Å². The fraction of sp³-hybridized carbons (Fsp3) is 0.0435. The van der Waals surface area contributed by atoms with Crippen LogP contribution < -0.4 is 0 Å². The van der Waals surface area contributed by atoms with E-state index in [0.717, 1.165) is 35.5 Å². The van der Waals surface area contributed by atoms with Crippen LogP contribution in [0.25, 0.3) is 45.2 Å². The number of hydrogen-bond acceptors (Lipinski definition) is 2. The summed E-state index contributed by atoms with van der Waals surface area (Å²) in [5.41, 5.74) is 14.7. The first-order valence-corrected chi connectivity index (χ1v) is 16.5. The van der Waals surface area contributed by atoms with Gasteiger partial charge in [-0.1, -0.05) is 146 Å². The van der Waals surface area contributed by atoms with Gasteiger partial charge in [-0.05, 0) is 68.8 Å². The Morgan fingerprint density at radius 1 is 0.354 bits per heavy atom. The van der Waals surface area contributed by atoms with E-state index in [4.69, 9.17) is 8.83 Å². The molecular weight excluding hydrogens is 585 g/mol. The maximum atomic E-state index is 6.18. The number of fused-ring (bicyclic) bond motifs is 8. The molecule has 0 bridgehead atoms. The molecule has 6 aromatic carbocycles. The highest BCUT2D eigenvalue weighted by atomic mass is 16.3. The lowest BCUT2D eigenvalue weighted by atomic mass is 9.93. The fourth-order valence-electron chi connectivity index (χ4n) is 7.22. The van der Waals surface area contributed by atoms with E-state index < -0.39 is 0 Å². The summed E-state index contributed by atoms with van der Waals surface area (Å²) in [6, 6.07) is 55.1. The van der Waals surface area contributed by atoms with Gasteiger partial charge in [-0.25, -0.2) is 0 Å². The zero-order chi connectivity index (χ0) is 31.9. The number of furan rings is 2. The third-order valence-electron chi connectivity index (χ3n) is 9.53. The number of hydrogen-bond donors (Lipinski definition) is 0. The summed E-state index contributed by atoms with van der Waals surface area (Å²) < 4.78 is 12.4. The molecule has 2 nitrogen and oxygen atoms in total. The van der Waals surface area contributed by atoms with Crippen molar-refractivity contribution in [3.8, 4) is 0 Å². The number of para-hydroxylation sites is 2. The summed E-state index contributed by atoms with van der Waals surface area (Å²) in [5, 5.41) is 2.43. The van der Waals surface area contributed by atoms with E-state index in [1.165, 1.54) is 66.4 Å². The summed E-state index contributed by atoms with van der Waals surface area (Å²) in [7, 11) is 0. The van der Waals surface area contributed by atoms with Gasteiger partial charge in [-0.2, -0.15) is 0 Å². The average Bonchev–Trinajstić information content (AvgIpc) is 3.55. The van der Waals surface area contributed by atoms with Crippen molar-refractivity contribution < 1.29 is 8.83 Å². The Balaban J connectivity index is 0.000000131. The van der Waals surface area contributed by atoms with Gasteiger partial charge in [0.15, 0.2) is 0 Å². The van der Waals surface area contributed by atoms with Gasteiger partial charge >= 0.3 is 0 Å². The van der Waals surface area contributed by atoms with E-state index in [-0.39, 0.29) is 0 Å². The lowest BCUT2D eigenvalue weighted by Gasteiger charge is -2.11. The lowest BCUT2D eigenvalue weighted by molar-refractivity contribution is 0.600. The molecule has 228 valence electrons. The molecule has 0 atom stereocenters. The van der Waals surface area contributed by atoms with Crippen molar-refractivity contribution in [1.82, 2.24) is 0 Å². The predicted octanol–water partition coefficient (Wildman–Crippen LogP) is 11.9. The van der Waals surface area contributed by atoms with Crippen molar-refractivity contribution in [3.05, 3.63) is 214 Å². The first-order valence-electron chi connectivity index (χ1n) is 16.5. The van der Waals surface area contributed by atoms with Crippen molar-refractivity contribution in [3.63, 3.8) is 0 Å². The Labute approximate surface area is 279 Å². The molecule has 2 heteroatoms. The molecule has 0 unspecified atom stereocenters. The standard InChI is InChI=1S/2C23H16O/c2*1-2-8-16(9-3-1)20-15-23-21(14-17-10-4-5-11-18(17)20)19-12-6-7-13-22(19)24-23/h2*1-13,15H,14H2. The van der Waals surface area contributed by atoms with Crippen LogP contribution in [-0.2, 0) is 12.8 Å². The second-order valence-corrected chi connectivity index (χ2v) is 12.4. The monoisotopic (exact) mass is 616 g/mol. The molecule has 2 aromatic heterocycles. The smallest absolute Gasteiger partial charge is 0.135 e. The molecule has 0 N–H and O–H groups in total. The third kappa shape index (κ3) is 4.99.